The Hall–Kier alpha value is -2.56. The van der Waals surface area contributed by atoms with Crippen LogP contribution in [-0.4, -0.2) is 134 Å². The molecule has 0 aliphatic rings. The SMILES string of the molecule is CCCCCCCCCCCCOc1cc(Cn2cc(COCCOCCOCCOCCOCCOCCOCCOCC)nn2)cc(OCCCCCCCCCCCC)c1OCCCCCCCCCCCC. The van der Waals surface area contributed by atoms with Gasteiger partial charge >= 0.3 is 0 Å². The van der Waals surface area contributed by atoms with E-state index < -0.39 is 0 Å². The Morgan fingerprint density at radius 3 is 0.974 bits per heavy atom. The highest BCUT2D eigenvalue weighted by Crippen LogP contribution is 2.40. The van der Waals surface area contributed by atoms with Gasteiger partial charge in [-0.2, -0.15) is 0 Å². The average molecular weight is 1080 g/mol. The topological polar surface area (TPSA) is 132 Å². The minimum atomic E-state index is 0.352. The zero-order valence-electron chi connectivity index (χ0n) is 49.4. The van der Waals surface area contributed by atoms with E-state index in [1.165, 1.54) is 173 Å². The predicted octanol–water partition coefficient (Wildman–Crippen LogP) is 14.9. The molecular formula is C62H115N3O11. The van der Waals surface area contributed by atoms with Crippen molar-refractivity contribution in [1.29, 1.82) is 0 Å². The first-order valence-corrected chi connectivity index (χ1v) is 31.3. The summed E-state index contributed by atoms with van der Waals surface area (Å²) in [5.41, 5.74) is 1.81. The number of nitrogens with zero attached hydrogens (tertiary/aromatic N) is 3. The fraction of sp³-hybridized carbons (Fsp3) is 0.871. The number of ether oxygens (including phenoxy) is 11. The lowest BCUT2D eigenvalue weighted by molar-refractivity contribution is -0.0234. The molecule has 1 aromatic carbocycles. The molecule has 14 heteroatoms. The van der Waals surface area contributed by atoms with E-state index in [1.807, 2.05) is 17.8 Å². The van der Waals surface area contributed by atoms with Crippen LogP contribution >= 0.6 is 0 Å². The Labute approximate surface area is 464 Å². The highest BCUT2D eigenvalue weighted by atomic mass is 16.6. The Kier molecular flexibility index (Phi) is 51.0. The minimum Gasteiger partial charge on any atom is -0.490 e. The number of rotatable bonds is 62. The first-order chi connectivity index (χ1) is 37.7. The van der Waals surface area contributed by atoms with Crippen LogP contribution in [0.25, 0.3) is 0 Å². The fourth-order valence-corrected chi connectivity index (χ4v) is 8.81. The van der Waals surface area contributed by atoms with Crippen molar-refractivity contribution >= 4 is 0 Å². The third-order valence-corrected chi connectivity index (χ3v) is 13.3. The second-order valence-electron chi connectivity index (χ2n) is 20.3. The van der Waals surface area contributed by atoms with E-state index in [9.17, 15) is 0 Å². The van der Waals surface area contributed by atoms with E-state index >= 15 is 0 Å². The van der Waals surface area contributed by atoms with Crippen LogP contribution in [0.15, 0.2) is 18.3 Å². The summed E-state index contributed by atoms with van der Waals surface area (Å²) in [5.74, 6) is 2.29. The maximum Gasteiger partial charge on any atom is 0.203 e. The third kappa shape index (κ3) is 43.3. The number of hydrogen-bond acceptors (Lipinski definition) is 13. The van der Waals surface area contributed by atoms with E-state index in [-0.39, 0.29) is 0 Å². The van der Waals surface area contributed by atoms with Gasteiger partial charge in [0.2, 0.25) is 5.75 Å². The van der Waals surface area contributed by atoms with Crippen LogP contribution in [0.2, 0.25) is 0 Å². The summed E-state index contributed by atoms with van der Waals surface area (Å²) in [6, 6.07) is 4.26. The monoisotopic (exact) mass is 1080 g/mol. The summed E-state index contributed by atoms with van der Waals surface area (Å²) in [6.45, 7) is 19.7. The number of unbranched alkanes of at least 4 members (excludes halogenated alkanes) is 27. The van der Waals surface area contributed by atoms with Gasteiger partial charge < -0.3 is 52.1 Å². The van der Waals surface area contributed by atoms with Gasteiger partial charge in [0.1, 0.15) is 5.69 Å². The molecule has 0 spiro atoms. The van der Waals surface area contributed by atoms with Crippen molar-refractivity contribution in [2.24, 2.45) is 0 Å². The van der Waals surface area contributed by atoms with Gasteiger partial charge in [0.15, 0.2) is 11.5 Å². The molecule has 0 aliphatic carbocycles. The normalized spacial score (nSPS) is 11.6. The Morgan fingerprint density at radius 2 is 0.632 bits per heavy atom. The van der Waals surface area contributed by atoms with Gasteiger partial charge in [0.05, 0.1) is 132 Å². The van der Waals surface area contributed by atoms with Crippen LogP contribution in [0.3, 0.4) is 0 Å². The van der Waals surface area contributed by atoms with Crippen LogP contribution in [-0.2, 0) is 51.0 Å². The summed E-state index contributed by atoms with van der Waals surface area (Å²) in [7, 11) is 0. The lowest BCUT2D eigenvalue weighted by Crippen LogP contribution is -2.15. The molecule has 0 saturated carbocycles. The van der Waals surface area contributed by atoms with Gasteiger partial charge in [0, 0.05) is 6.61 Å². The van der Waals surface area contributed by atoms with Gasteiger partial charge in [-0.25, -0.2) is 4.68 Å². The van der Waals surface area contributed by atoms with E-state index in [2.05, 4.69) is 43.2 Å². The highest BCUT2D eigenvalue weighted by Gasteiger charge is 2.17. The van der Waals surface area contributed by atoms with Crippen LogP contribution in [0.4, 0.5) is 0 Å². The van der Waals surface area contributed by atoms with Gasteiger partial charge in [-0.05, 0) is 43.9 Å². The predicted molar refractivity (Wildman–Crippen MR) is 309 cm³/mol. The molecule has 444 valence electrons. The summed E-state index contributed by atoms with van der Waals surface area (Å²) >= 11 is 0. The van der Waals surface area contributed by atoms with Crippen molar-refractivity contribution in [3.8, 4) is 17.2 Å². The molecule has 0 bridgehead atoms. The van der Waals surface area contributed by atoms with Crippen LogP contribution < -0.4 is 14.2 Å². The molecule has 0 radical (unpaired) electrons. The van der Waals surface area contributed by atoms with Crippen LogP contribution in [0.5, 0.6) is 17.2 Å². The molecule has 0 atom stereocenters. The summed E-state index contributed by atoms with van der Waals surface area (Å²) in [4.78, 5) is 0. The molecule has 2 aromatic rings. The Balaban J connectivity index is 1.85. The number of aromatic nitrogens is 3. The molecule has 1 aromatic heterocycles. The van der Waals surface area contributed by atoms with Crippen molar-refractivity contribution in [3.05, 3.63) is 29.6 Å². The molecule has 76 heavy (non-hydrogen) atoms. The standard InChI is InChI=1S/C62H115N3O11/c1-5-9-12-15-18-21-24-27-30-33-36-74-60-53-58(54-61(75-37-34-31-28-25-22-19-16-13-10-6-2)62(60)76-38-35-32-29-26-23-20-17-14-11-7-3)55-65-56-59(63-64-65)57-73-52-51-72-50-49-71-48-47-70-46-45-69-44-43-68-42-41-67-40-39-66-8-4/h53-54,56H,5-52,55,57H2,1-4H3. The fourth-order valence-electron chi connectivity index (χ4n) is 8.81. The van der Waals surface area contributed by atoms with Gasteiger partial charge in [-0.3, -0.25) is 0 Å². The first-order valence-electron chi connectivity index (χ1n) is 31.3. The number of benzene rings is 1. The van der Waals surface area contributed by atoms with Crippen molar-refractivity contribution < 1.29 is 52.1 Å². The second-order valence-corrected chi connectivity index (χ2v) is 20.3. The molecule has 0 saturated heterocycles. The minimum absolute atomic E-state index is 0.352. The maximum absolute atomic E-state index is 6.65. The van der Waals surface area contributed by atoms with Crippen molar-refractivity contribution in [3.63, 3.8) is 0 Å². The maximum atomic E-state index is 6.65. The molecular weight excluding hydrogens is 963 g/mol. The molecule has 0 amide bonds. The first kappa shape index (κ1) is 69.5. The second kappa shape index (κ2) is 55.7. The van der Waals surface area contributed by atoms with Gasteiger partial charge in [-0.15, -0.1) is 5.10 Å². The third-order valence-electron chi connectivity index (χ3n) is 13.3. The smallest absolute Gasteiger partial charge is 0.203 e. The van der Waals surface area contributed by atoms with E-state index in [1.54, 1.807) is 0 Å². The molecule has 0 unspecified atom stereocenters. The zero-order chi connectivity index (χ0) is 54.1. The van der Waals surface area contributed by atoms with E-state index in [0.717, 1.165) is 47.8 Å². The number of hydrogen-bond donors (Lipinski definition) is 0. The highest BCUT2D eigenvalue weighted by molar-refractivity contribution is 5.54. The zero-order valence-corrected chi connectivity index (χ0v) is 49.4. The van der Waals surface area contributed by atoms with Crippen molar-refractivity contribution in [2.75, 3.05) is 119 Å². The van der Waals surface area contributed by atoms with Crippen LogP contribution in [0, 0.1) is 0 Å². The molecule has 0 fully saturated rings. The van der Waals surface area contributed by atoms with Gasteiger partial charge in [0.25, 0.3) is 0 Å². The van der Waals surface area contributed by atoms with E-state index in [4.69, 9.17) is 52.1 Å². The van der Waals surface area contributed by atoms with Crippen molar-refractivity contribution in [1.82, 2.24) is 15.0 Å². The Bertz CT molecular complexity index is 1440. The summed E-state index contributed by atoms with van der Waals surface area (Å²) in [5, 5.41) is 8.89. The Morgan fingerprint density at radius 1 is 0.329 bits per heavy atom. The summed E-state index contributed by atoms with van der Waals surface area (Å²) < 4.78 is 66.3. The molecule has 14 nitrogen and oxygen atoms in total. The quantitative estimate of drug-likeness (QED) is 0.0583. The lowest BCUT2D eigenvalue weighted by Gasteiger charge is -2.19. The van der Waals surface area contributed by atoms with Crippen LogP contribution in [0.1, 0.15) is 232 Å². The lowest BCUT2D eigenvalue weighted by atomic mass is 10.1. The molecule has 1 heterocycles. The molecule has 2 rings (SSSR count). The molecule has 0 aliphatic heterocycles. The largest absolute Gasteiger partial charge is 0.490 e. The summed E-state index contributed by atoms with van der Waals surface area (Å²) in [6.07, 6.45) is 40.6. The van der Waals surface area contributed by atoms with Crippen molar-refractivity contribution in [2.45, 2.75) is 233 Å². The molecule has 0 N–H and O–H groups in total. The van der Waals surface area contributed by atoms with Gasteiger partial charge in [-0.1, -0.05) is 199 Å². The van der Waals surface area contributed by atoms with E-state index in [0.29, 0.717) is 132 Å². The average Bonchev–Trinajstić information content (AvgIpc) is 3.88.